The first-order valence-corrected chi connectivity index (χ1v) is 15.5. The lowest BCUT2D eigenvalue weighted by molar-refractivity contribution is 0.274. The monoisotopic (exact) mass is 472 g/mol. The minimum atomic E-state index is 0.210. The Morgan fingerprint density at radius 2 is 1.00 bits per heavy atom. The summed E-state index contributed by atoms with van der Waals surface area (Å²) in [6.45, 7) is 4.19. The molecule has 2 aliphatic heterocycles. The van der Waals surface area contributed by atoms with Gasteiger partial charge in [0.05, 0.1) is 0 Å². The van der Waals surface area contributed by atoms with Gasteiger partial charge in [0.25, 0.3) is 8.89 Å². The lowest BCUT2D eigenvalue weighted by atomic mass is 10.2. The summed E-state index contributed by atoms with van der Waals surface area (Å²) in [5.41, 5.74) is 0. The second kappa shape index (κ2) is 15.2. The lowest BCUT2D eigenvalue weighted by Crippen LogP contribution is -2.23. The van der Waals surface area contributed by atoms with Crippen LogP contribution < -0.4 is 0 Å². The molecule has 10 heteroatoms. The molecule has 2 heterocycles. The van der Waals surface area contributed by atoms with Crippen LogP contribution in [0.5, 0.6) is 0 Å². The fourth-order valence-electron chi connectivity index (χ4n) is 2.66. The summed E-state index contributed by atoms with van der Waals surface area (Å²) in [6, 6.07) is 0. The van der Waals surface area contributed by atoms with Gasteiger partial charge in [-0.2, -0.15) is 0 Å². The zero-order chi connectivity index (χ0) is 18.5. The third-order valence-corrected chi connectivity index (χ3v) is 11.2. The standard InChI is InChI=1S/C16H28N2O2S6/c19-15(23-17-9-3-1-4-10-17)25-21-13-7-8-14-22-26-16(20)24-18-11-5-2-6-12-18/h1-14H2. The highest BCUT2D eigenvalue weighted by Crippen LogP contribution is 2.34. The quantitative estimate of drug-likeness (QED) is 0.198. The van der Waals surface area contributed by atoms with Crippen molar-refractivity contribution in [3.63, 3.8) is 0 Å². The van der Waals surface area contributed by atoms with Crippen molar-refractivity contribution in [2.24, 2.45) is 0 Å². The van der Waals surface area contributed by atoms with Gasteiger partial charge in [-0.15, -0.1) is 0 Å². The van der Waals surface area contributed by atoms with Crippen molar-refractivity contribution in [2.75, 3.05) is 37.7 Å². The second-order valence-corrected chi connectivity index (χ2v) is 13.6. The smallest absolute Gasteiger partial charge is 0.271 e. The van der Waals surface area contributed by atoms with Gasteiger partial charge in [-0.05, 0) is 60.1 Å². The van der Waals surface area contributed by atoms with E-state index in [9.17, 15) is 9.59 Å². The van der Waals surface area contributed by atoms with Crippen molar-refractivity contribution in [3.05, 3.63) is 0 Å². The van der Waals surface area contributed by atoms with E-state index in [0.29, 0.717) is 0 Å². The molecule has 0 aromatic rings. The molecule has 0 bridgehead atoms. The fourth-order valence-corrected chi connectivity index (χ4v) is 9.04. The van der Waals surface area contributed by atoms with Gasteiger partial charge in [-0.1, -0.05) is 34.4 Å². The van der Waals surface area contributed by atoms with Crippen molar-refractivity contribution >= 4 is 76.0 Å². The van der Waals surface area contributed by atoms with Gasteiger partial charge in [-0.25, -0.2) is 8.61 Å². The molecule has 26 heavy (non-hydrogen) atoms. The summed E-state index contributed by atoms with van der Waals surface area (Å²) in [5.74, 6) is 2.00. The third kappa shape index (κ3) is 11.4. The molecule has 2 fully saturated rings. The van der Waals surface area contributed by atoms with E-state index in [1.807, 2.05) is 0 Å². The molecule has 2 aliphatic rings. The molecule has 0 aromatic heterocycles. The van der Waals surface area contributed by atoms with E-state index in [1.54, 1.807) is 21.6 Å². The molecule has 2 rings (SSSR count). The Morgan fingerprint density at radius 3 is 1.38 bits per heavy atom. The van der Waals surface area contributed by atoms with Crippen LogP contribution in [-0.2, 0) is 0 Å². The number of hydrogen-bond acceptors (Lipinski definition) is 10. The number of carbonyl (C=O) groups is 2. The topological polar surface area (TPSA) is 40.6 Å². The van der Waals surface area contributed by atoms with Crippen molar-refractivity contribution in [1.82, 2.24) is 8.61 Å². The minimum Gasteiger partial charge on any atom is -0.272 e. The predicted molar refractivity (Wildman–Crippen MR) is 126 cm³/mol. The third-order valence-electron chi connectivity index (χ3n) is 4.00. The summed E-state index contributed by atoms with van der Waals surface area (Å²) in [5, 5.41) is 0. The molecule has 2 saturated heterocycles. The van der Waals surface area contributed by atoms with E-state index in [4.69, 9.17) is 0 Å². The van der Waals surface area contributed by atoms with Gasteiger partial charge in [0, 0.05) is 61.6 Å². The van der Waals surface area contributed by atoms with Gasteiger partial charge in [0.1, 0.15) is 0 Å². The van der Waals surface area contributed by atoms with Crippen molar-refractivity contribution in [2.45, 2.75) is 51.4 Å². The summed E-state index contributed by atoms with van der Waals surface area (Å²) >= 11 is 2.79. The van der Waals surface area contributed by atoms with Crippen LogP contribution >= 0.6 is 67.1 Å². The number of hydrogen-bond donors (Lipinski definition) is 0. The molecule has 4 nitrogen and oxygen atoms in total. The maximum Gasteiger partial charge on any atom is 0.271 e. The first-order chi connectivity index (χ1) is 12.7. The van der Waals surface area contributed by atoms with Crippen LogP contribution in [0, 0.1) is 0 Å². The van der Waals surface area contributed by atoms with Gasteiger partial charge in [-0.3, -0.25) is 9.59 Å². The Hall–Kier alpha value is 1.36. The summed E-state index contributed by atoms with van der Waals surface area (Å²) in [4.78, 5) is 23.8. The first-order valence-electron chi connectivity index (χ1n) is 9.27. The maximum absolute atomic E-state index is 11.9. The molecular formula is C16H28N2O2S6. The van der Waals surface area contributed by atoms with Crippen LogP contribution in [0.1, 0.15) is 51.4 Å². The van der Waals surface area contributed by atoms with Crippen molar-refractivity contribution in [3.8, 4) is 0 Å². The van der Waals surface area contributed by atoms with Crippen LogP contribution in [0.2, 0.25) is 0 Å². The number of carbonyl (C=O) groups excluding carboxylic acids is 2. The number of unbranched alkanes of at least 4 members (excludes halogenated alkanes) is 1. The highest BCUT2D eigenvalue weighted by molar-refractivity contribution is 8.86. The summed E-state index contributed by atoms with van der Waals surface area (Å²) in [7, 11) is 6.09. The lowest BCUT2D eigenvalue weighted by Gasteiger charge is -2.23. The van der Waals surface area contributed by atoms with Crippen LogP contribution in [0.4, 0.5) is 9.59 Å². The van der Waals surface area contributed by atoms with E-state index in [1.165, 1.54) is 84.0 Å². The zero-order valence-corrected chi connectivity index (χ0v) is 20.0. The normalized spacial score (nSPS) is 19.5. The van der Waals surface area contributed by atoms with Crippen molar-refractivity contribution < 1.29 is 9.59 Å². The molecule has 0 amide bonds. The Morgan fingerprint density at radius 1 is 0.615 bits per heavy atom. The van der Waals surface area contributed by atoms with Gasteiger partial charge >= 0.3 is 0 Å². The van der Waals surface area contributed by atoms with Crippen LogP contribution in [0.25, 0.3) is 0 Å². The van der Waals surface area contributed by atoms with Gasteiger partial charge < -0.3 is 0 Å². The maximum atomic E-state index is 11.9. The number of rotatable bonds is 9. The Kier molecular flexibility index (Phi) is 13.8. The summed E-state index contributed by atoms with van der Waals surface area (Å²) < 4.78 is 4.82. The van der Waals surface area contributed by atoms with Gasteiger partial charge in [0.2, 0.25) is 0 Å². The second-order valence-electron chi connectivity index (χ2n) is 6.18. The van der Waals surface area contributed by atoms with E-state index < -0.39 is 0 Å². The van der Waals surface area contributed by atoms with Gasteiger partial charge in [0.15, 0.2) is 0 Å². The average Bonchev–Trinajstić information content (AvgIpc) is 2.65. The number of nitrogens with zero attached hydrogens (tertiary/aromatic N) is 2. The fraction of sp³-hybridized carbons (Fsp3) is 0.875. The molecule has 0 aliphatic carbocycles. The largest absolute Gasteiger partial charge is 0.272 e. The van der Waals surface area contributed by atoms with Crippen LogP contribution in [0.3, 0.4) is 0 Å². The minimum absolute atomic E-state index is 0.210. The Bertz CT molecular complexity index is 380. The van der Waals surface area contributed by atoms with E-state index in [-0.39, 0.29) is 8.89 Å². The number of piperidine rings is 2. The molecular weight excluding hydrogens is 445 g/mol. The van der Waals surface area contributed by atoms with E-state index in [0.717, 1.165) is 50.5 Å². The molecule has 0 aromatic carbocycles. The van der Waals surface area contributed by atoms with Crippen LogP contribution in [0.15, 0.2) is 0 Å². The molecule has 0 N–H and O–H groups in total. The van der Waals surface area contributed by atoms with E-state index in [2.05, 4.69) is 8.61 Å². The molecule has 0 saturated carbocycles. The highest BCUT2D eigenvalue weighted by atomic mass is 33.1. The first kappa shape index (κ1) is 23.6. The molecule has 0 spiro atoms. The average molecular weight is 473 g/mol. The SMILES string of the molecule is O=C(SSCCCCSSC(=O)SN1CCCCC1)SN1CCCCC1. The van der Waals surface area contributed by atoms with Crippen molar-refractivity contribution in [1.29, 1.82) is 0 Å². The molecule has 0 unspecified atom stereocenters. The zero-order valence-electron chi connectivity index (χ0n) is 15.1. The summed E-state index contributed by atoms with van der Waals surface area (Å²) in [6.07, 6.45) is 9.65. The molecule has 0 atom stereocenters. The highest BCUT2D eigenvalue weighted by Gasteiger charge is 2.16. The van der Waals surface area contributed by atoms with Crippen LogP contribution in [-0.4, -0.2) is 55.2 Å². The molecule has 150 valence electrons. The van der Waals surface area contributed by atoms with E-state index >= 15 is 0 Å². The Labute approximate surface area is 182 Å². The Balaban J connectivity index is 1.36. The predicted octanol–water partition coefficient (Wildman–Crippen LogP) is 7.04. The molecule has 0 radical (unpaired) electrons.